The third-order valence-electron chi connectivity index (χ3n) is 2.05. The SMILES string of the molecule is O=S1(=O)CC(O)c2ccc(Br)cc21. The molecule has 2 rings (SSSR count). The van der Waals surface area contributed by atoms with Gasteiger partial charge in [0.05, 0.1) is 16.8 Å². The summed E-state index contributed by atoms with van der Waals surface area (Å²) in [6, 6.07) is 4.89. The van der Waals surface area contributed by atoms with Gasteiger partial charge in [0.1, 0.15) is 0 Å². The smallest absolute Gasteiger partial charge is 0.181 e. The summed E-state index contributed by atoms with van der Waals surface area (Å²) in [5.74, 6) is -0.196. The highest BCUT2D eigenvalue weighted by Gasteiger charge is 2.33. The quantitative estimate of drug-likeness (QED) is 0.766. The van der Waals surface area contributed by atoms with Gasteiger partial charge in [0.25, 0.3) is 0 Å². The van der Waals surface area contributed by atoms with E-state index in [9.17, 15) is 13.5 Å². The van der Waals surface area contributed by atoms with E-state index in [0.717, 1.165) is 0 Å². The van der Waals surface area contributed by atoms with Gasteiger partial charge in [-0.25, -0.2) is 8.42 Å². The second kappa shape index (κ2) is 2.80. The van der Waals surface area contributed by atoms with Gasteiger partial charge >= 0.3 is 0 Å². The number of benzene rings is 1. The summed E-state index contributed by atoms with van der Waals surface area (Å²) in [6.07, 6.45) is -0.867. The maximum atomic E-state index is 11.4. The number of fused-ring (bicyclic) bond motifs is 1. The molecule has 1 N–H and O–H groups in total. The molecule has 70 valence electrons. The molecule has 1 unspecified atom stereocenters. The van der Waals surface area contributed by atoms with E-state index in [1.165, 1.54) is 6.07 Å². The van der Waals surface area contributed by atoms with Crippen LogP contribution in [-0.4, -0.2) is 19.3 Å². The molecule has 0 saturated heterocycles. The fraction of sp³-hybridized carbons (Fsp3) is 0.250. The lowest BCUT2D eigenvalue weighted by molar-refractivity contribution is 0.204. The summed E-state index contributed by atoms with van der Waals surface area (Å²) in [4.78, 5) is 0.245. The van der Waals surface area contributed by atoms with E-state index in [1.807, 2.05) is 0 Å². The van der Waals surface area contributed by atoms with Gasteiger partial charge in [-0.1, -0.05) is 22.0 Å². The molecule has 0 bridgehead atoms. The van der Waals surface area contributed by atoms with Crippen molar-refractivity contribution in [3.05, 3.63) is 28.2 Å². The fourth-order valence-corrected chi connectivity index (χ4v) is 3.60. The number of rotatable bonds is 0. The Labute approximate surface area is 84.4 Å². The van der Waals surface area contributed by atoms with Crippen LogP contribution < -0.4 is 0 Å². The molecule has 0 amide bonds. The molecule has 1 heterocycles. The first-order valence-corrected chi connectivity index (χ1v) is 6.15. The number of aliphatic hydroxyl groups is 1. The van der Waals surface area contributed by atoms with Gasteiger partial charge in [-0.15, -0.1) is 0 Å². The third kappa shape index (κ3) is 1.41. The summed E-state index contributed by atoms with van der Waals surface area (Å²) in [7, 11) is -3.26. The highest BCUT2D eigenvalue weighted by atomic mass is 79.9. The van der Waals surface area contributed by atoms with Crippen molar-refractivity contribution in [1.29, 1.82) is 0 Å². The van der Waals surface area contributed by atoms with Crippen molar-refractivity contribution in [3.63, 3.8) is 0 Å². The first kappa shape index (κ1) is 9.18. The number of hydrogen-bond donors (Lipinski definition) is 1. The van der Waals surface area contributed by atoms with E-state index in [0.29, 0.717) is 10.0 Å². The molecule has 0 aliphatic carbocycles. The molecule has 5 heteroatoms. The van der Waals surface area contributed by atoms with Gasteiger partial charge in [0.15, 0.2) is 9.84 Å². The average molecular weight is 263 g/mol. The Morgan fingerprint density at radius 1 is 1.46 bits per heavy atom. The van der Waals surface area contributed by atoms with E-state index in [2.05, 4.69) is 15.9 Å². The molecule has 13 heavy (non-hydrogen) atoms. The molecule has 3 nitrogen and oxygen atoms in total. The van der Waals surface area contributed by atoms with E-state index in [1.54, 1.807) is 12.1 Å². The lowest BCUT2D eigenvalue weighted by Crippen LogP contribution is -2.02. The lowest BCUT2D eigenvalue weighted by Gasteiger charge is -2.00. The minimum Gasteiger partial charge on any atom is -0.387 e. The van der Waals surface area contributed by atoms with Crippen molar-refractivity contribution < 1.29 is 13.5 Å². The molecule has 1 aromatic rings. The van der Waals surface area contributed by atoms with Crippen LogP contribution in [-0.2, 0) is 9.84 Å². The largest absolute Gasteiger partial charge is 0.387 e. The zero-order chi connectivity index (χ0) is 9.64. The van der Waals surface area contributed by atoms with Crippen LogP contribution in [0.5, 0.6) is 0 Å². The Morgan fingerprint density at radius 2 is 2.15 bits per heavy atom. The number of sulfone groups is 1. The van der Waals surface area contributed by atoms with Crippen molar-refractivity contribution in [2.45, 2.75) is 11.0 Å². The Balaban J connectivity index is 2.74. The summed E-state index contributed by atoms with van der Waals surface area (Å²) in [6.45, 7) is 0. The van der Waals surface area contributed by atoms with E-state index in [-0.39, 0.29) is 10.6 Å². The van der Waals surface area contributed by atoms with Crippen LogP contribution in [0.4, 0.5) is 0 Å². The Hall–Kier alpha value is -0.390. The number of hydrogen-bond acceptors (Lipinski definition) is 3. The molecule has 1 aliphatic heterocycles. The Kier molecular flexibility index (Phi) is 1.98. The predicted molar refractivity (Wildman–Crippen MR) is 51.2 cm³/mol. The van der Waals surface area contributed by atoms with Crippen LogP contribution in [0.3, 0.4) is 0 Å². The van der Waals surface area contributed by atoms with Crippen molar-refractivity contribution in [1.82, 2.24) is 0 Å². The molecule has 1 aromatic carbocycles. The second-order valence-electron chi connectivity index (χ2n) is 2.98. The average Bonchev–Trinajstić information content (AvgIpc) is 2.23. The van der Waals surface area contributed by atoms with E-state index >= 15 is 0 Å². The molecule has 0 radical (unpaired) electrons. The molecule has 1 atom stereocenters. The van der Waals surface area contributed by atoms with Crippen LogP contribution in [0.25, 0.3) is 0 Å². The highest BCUT2D eigenvalue weighted by Crippen LogP contribution is 2.34. The minimum atomic E-state index is -3.26. The number of aliphatic hydroxyl groups excluding tert-OH is 1. The third-order valence-corrected chi connectivity index (χ3v) is 4.32. The van der Waals surface area contributed by atoms with Crippen molar-refractivity contribution in [2.75, 3.05) is 5.75 Å². The monoisotopic (exact) mass is 262 g/mol. The summed E-state index contributed by atoms with van der Waals surface area (Å²) in [5.41, 5.74) is 0.503. The topological polar surface area (TPSA) is 54.4 Å². The molecule has 0 spiro atoms. The van der Waals surface area contributed by atoms with Crippen LogP contribution in [0, 0.1) is 0 Å². The molecule has 0 fully saturated rings. The normalized spacial score (nSPS) is 24.3. The lowest BCUT2D eigenvalue weighted by atomic mass is 10.1. The van der Waals surface area contributed by atoms with E-state index < -0.39 is 15.9 Å². The van der Waals surface area contributed by atoms with Crippen LogP contribution in [0.15, 0.2) is 27.6 Å². The molecular formula is C8H7BrO3S. The summed E-state index contributed by atoms with van der Waals surface area (Å²) < 4.78 is 23.6. The Morgan fingerprint density at radius 3 is 2.85 bits per heavy atom. The summed E-state index contributed by atoms with van der Waals surface area (Å²) in [5, 5.41) is 9.41. The van der Waals surface area contributed by atoms with Gasteiger partial charge in [-0.2, -0.15) is 0 Å². The first-order chi connectivity index (χ1) is 6.00. The zero-order valence-corrected chi connectivity index (χ0v) is 8.97. The van der Waals surface area contributed by atoms with Crippen molar-refractivity contribution >= 4 is 25.8 Å². The maximum absolute atomic E-state index is 11.4. The van der Waals surface area contributed by atoms with Gasteiger partial charge in [0, 0.05) is 10.0 Å². The predicted octanol–water partition coefficient (Wildman–Crippen LogP) is 1.27. The first-order valence-electron chi connectivity index (χ1n) is 3.71. The maximum Gasteiger partial charge on any atom is 0.181 e. The second-order valence-corrected chi connectivity index (χ2v) is 5.90. The standard InChI is InChI=1S/C8H7BrO3S/c9-5-1-2-6-7(10)4-13(11,12)8(6)3-5/h1-3,7,10H,4H2. The van der Waals surface area contributed by atoms with Gasteiger partial charge in [0.2, 0.25) is 0 Å². The van der Waals surface area contributed by atoms with Gasteiger partial charge in [-0.05, 0) is 12.1 Å². The molecule has 0 saturated carbocycles. The zero-order valence-electron chi connectivity index (χ0n) is 6.57. The van der Waals surface area contributed by atoms with Crippen LogP contribution in [0.2, 0.25) is 0 Å². The fourth-order valence-electron chi connectivity index (χ4n) is 1.44. The van der Waals surface area contributed by atoms with Crippen LogP contribution >= 0.6 is 15.9 Å². The highest BCUT2D eigenvalue weighted by molar-refractivity contribution is 9.10. The number of halogens is 1. The minimum absolute atomic E-state index is 0.196. The molecule has 1 aliphatic rings. The molecule has 0 aromatic heterocycles. The van der Waals surface area contributed by atoms with Gasteiger partial charge < -0.3 is 5.11 Å². The van der Waals surface area contributed by atoms with Gasteiger partial charge in [-0.3, -0.25) is 0 Å². The Bertz CT molecular complexity index is 452. The van der Waals surface area contributed by atoms with Crippen molar-refractivity contribution in [3.8, 4) is 0 Å². The van der Waals surface area contributed by atoms with E-state index in [4.69, 9.17) is 0 Å². The van der Waals surface area contributed by atoms with Crippen molar-refractivity contribution in [2.24, 2.45) is 0 Å². The molecular weight excluding hydrogens is 256 g/mol. The van der Waals surface area contributed by atoms with Crippen LogP contribution in [0.1, 0.15) is 11.7 Å². The summed E-state index contributed by atoms with van der Waals surface area (Å²) >= 11 is 3.19.